The molecule has 0 spiro atoms. The highest BCUT2D eigenvalue weighted by atomic mass is 16.5. The normalized spacial score (nSPS) is 11.9. The molecule has 0 heterocycles. The molecule has 0 aromatic heterocycles. The van der Waals surface area contributed by atoms with Crippen molar-refractivity contribution in [3.8, 4) is 0 Å². The summed E-state index contributed by atoms with van der Waals surface area (Å²) in [6.07, 6.45) is 3.82. The summed E-state index contributed by atoms with van der Waals surface area (Å²) in [5, 5.41) is 0. The van der Waals surface area contributed by atoms with Crippen LogP contribution in [0.2, 0.25) is 0 Å². The molecule has 0 saturated carbocycles. The number of methoxy groups -OCH3 is 1. The quantitative estimate of drug-likeness (QED) is 0.356. The number of hydrogen-bond donors (Lipinski definition) is 0. The van der Waals surface area contributed by atoms with E-state index in [2.05, 4.69) is 0 Å². The predicted octanol–water partition coefficient (Wildman–Crippen LogP) is 3.91. The van der Waals surface area contributed by atoms with E-state index in [1.807, 2.05) is 67.6 Å². The average molecular weight is 381 g/mol. The SMILES string of the molecule is CCC(c1ccccc1)N(CC(=O)OC)C(=O)/C=C/COCc1ccccc1. The molecular formula is C23H27NO4. The van der Waals surface area contributed by atoms with E-state index in [-0.39, 0.29) is 18.5 Å². The van der Waals surface area contributed by atoms with E-state index in [9.17, 15) is 9.59 Å². The third-order valence-electron chi connectivity index (χ3n) is 4.34. The molecule has 5 heteroatoms. The van der Waals surface area contributed by atoms with Crippen molar-refractivity contribution in [1.82, 2.24) is 4.90 Å². The lowest BCUT2D eigenvalue weighted by molar-refractivity contribution is -0.147. The first kappa shape index (κ1) is 21.4. The van der Waals surface area contributed by atoms with Gasteiger partial charge in [-0.05, 0) is 17.5 Å². The average Bonchev–Trinajstić information content (AvgIpc) is 2.74. The molecule has 0 saturated heterocycles. The number of carbonyl (C=O) groups excluding carboxylic acids is 2. The molecule has 1 unspecified atom stereocenters. The number of hydrogen-bond acceptors (Lipinski definition) is 4. The van der Waals surface area contributed by atoms with Crippen LogP contribution in [0, 0.1) is 0 Å². The Morgan fingerprint density at radius 3 is 2.29 bits per heavy atom. The molecule has 0 aliphatic rings. The van der Waals surface area contributed by atoms with E-state index in [1.165, 1.54) is 18.1 Å². The summed E-state index contributed by atoms with van der Waals surface area (Å²) >= 11 is 0. The van der Waals surface area contributed by atoms with Crippen LogP contribution in [0.4, 0.5) is 0 Å². The van der Waals surface area contributed by atoms with Crippen LogP contribution in [0.25, 0.3) is 0 Å². The van der Waals surface area contributed by atoms with E-state index in [1.54, 1.807) is 6.08 Å². The monoisotopic (exact) mass is 381 g/mol. The summed E-state index contributed by atoms with van der Waals surface area (Å²) in [5.41, 5.74) is 2.06. The zero-order valence-electron chi connectivity index (χ0n) is 16.4. The smallest absolute Gasteiger partial charge is 0.325 e. The van der Waals surface area contributed by atoms with Gasteiger partial charge in [0, 0.05) is 6.08 Å². The third-order valence-corrected chi connectivity index (χ3v) is 4.34. The Morgan fingerprint density at radius 2 is 1.68 bits per heavy atom. The number of rotatable bonds is 10. The second kappa shape index (κ2) is 11.7. The van der Waals surface area contributed by atoms with E-state index >= 15 is 0 Å². The minimum Gasteiger partial charge on any atom is -0.468 e. The highest BCUT2D eigenvalue weighted by Gasteiger charge is 2.24. The van der Waals surface area contributed by atoms with Gasteiger partial charge >= 0.3 is 5.97 Å². The standard InChI is InChI=1S/C23H27NO4/c1-3-21(20-13-8-5-9-14-20)24(17-23(26)27-2)22(25)15-10-16-28-18-19-11-6-4-7-12-19/h4-15,21H,3,16-18H2,1-2H3/b15-10+. The van der Waals surface area contributed by atoms with Crippen LogP contribution in [0.3, 0.4) is 0 Å². The van der Waals surface area contributed by atoms with Gasteiger partial charge in [-0.3, -0.25) is 9.59 Å². The van der Waals surface area contributed by atoms with E-state index in [0.717, 1.165) is 11.1 Å². The summed E-state index contributed by atoms with van der Waals surface area (Å²) in [6.45, 7) is 2.68. The lowest BCUT2D eigenvalue weighted by atomic mass is 10.0. The molecule has 0 radical (unpaired) electrons. The fourth-order valence-corrected chi connectivity index (χ4v) is 2.92. The van der Waals surface area contributed by atoms with Crippen molar-refractivity contribution in [3.63, 3.8) is 0 Å². The van der Waals surface area contributed by atoms with Gasteiger partial charge in [-0.2, -0.15) is 0 Å². The maximum atomic E-state index is 12.8. The number of ether oxygens (including phenoxy) is 2. The zero-order valence-corrected chi connectivity index (χ0v) is 16.4. The van der Waals surface area contributed by atoms with Crippen LogP contribution in [0.1, 0.15) is 30.5 Å². The third kappa shape index (κ3) is 6.67. The number of esters is 1. The molecular weight excluding hydrogens is 354 g/mol. The van der Waals surface area contributed by atoms with Crippen molar-refractivity contribution >= 4 is 11.9 Å². The summed E-state index contributed by atoms with van der Waals surface area (Å²) in [4.78, 5) is 26.2. The first-order valence-electron chi connectivity index (χ1n) is 9.36. The largest absolute Gasteiger partial charge is 0.468 e. The topological polar surface area (TPSA) is 55.8 Å². The van der Waals surface area contributed by atoms with Gasteiger partial charge in [-0.15, -0.1) is 0 Å². The van der Waals surface area contributed by atoms with Crippen LogP contribution >= 0.6 is 0 Å². The van der Waals surface area contributed by atoms with Crippen LogP contribution < -0.4 is 0 Å². The summed E-state index contributed by atoms with van der Waals surface area (Å²) in [7, 11) is 1.32. The Bertz CT molecular complexity index is 759. The maximum absolute atomic E-state index is 12.8. The second-order valence-corrected chi connectivity index (χ2v) is 6.28. The molecule has 0 fully saturated rings. The van der Waals surface area contributed by atoms with Crippen molar-refractivity contribution < 1.29 is 19.1 Å². The van der Waals surface area contributed by atoms with Gasteiger partial charge in [0.05, 0.1) is 26.4 Å². The van der Waals surface area contributed by atoms with Crippen molar-refractivity contribution in [2.45, 2.75) is 26.0 Å². The van der Waals surface area contributed by atoms with Gasteiger partial charge in [0.2, 0.25) is 5.91 Å². The summed E-state index contributed by atoms with van der Waals surface area (Å²) in [6, 6.07) is 19.3. The second-order valence-electron chi connectivity index (χ2n) is 6.28. The van der Waals surface area contributed by atoms with Gasteiger partial charge in [0.1, 0.15) is 6.54 Å². The molecule has 1 atom stereocenters. The van der Waals surface area contributed by atoms with Crippen LogP contribution in [0.15, 0.2) is 72.8 Å². The Labute approximate surface area is 166 Å². The van der Waals surface area contributed by atoms with Gasteiger partial charge in [-0.1, -0.05) is 73.7 Å². The Balaban J connectivity index is 2.00. The Hall–Kier alpha value is -2.92. The molecule has 28 heavy (non-hydrogen) atoms. The molecule has 2 aromatic rings. The van der Waals surface area contributed by atoms with Gasteiger partial charge in [-0.25, -0.2) is 0 Å². The number of carbonyl (C=O) groups is 2. The lowest BCUT2D eigenvalue weighted by Gasteiger charge is -2.29. The molecule has 148 valence electrons. The van der Waals surface area contributed by atoms with Crippen molar-refractivity contribution in [2.24, 2.45) is 0 Å². The molecule has 0 aliphatic carbocycles. The first-order chi connectivity index (χ1) is 13.7. The molecule has 0 bridgehead atoms. The van der Waals surface area contributed by atoms with Gasteiger partial charge in [0.25, 0.3) is 0 Å². The molecule has 0 aliphatic heterocycles. The van der Waals surface area contributed by atoms with Crippen molar-refractivity contribution in [2.75, 3.05) is 20.3 Å². The fourth-order valence-electron chi connectivity index (χ4n) is 2.92. The van der Waals surface area contributed by atoms with E-state index in [0.29, 0.717) is 19.6 Å². The Kier molecular flexibility index (Phi) is 8.95. The van der Waals surface area contributed by atoms with Gasteiger partial charge < -0.3 is 14.4 Å². The molecule has 0 N–H and O–H groups in total. The molecule has 1 amide bonds. The maximum Gasteiger partial charge on any atom is 0.325 e. The van der Waals surface area contributed by atoms with E-state index in [4.69, 9.17) is 9.47 Å². The minimum atomic E-state index is -0.448. The highest BCUT2D eigenvalue weighted by molar-refractivity contribution is 5.90. The number of amides is 1. The van der Waals surface area contributed by atoms with E-state index < -0.39 is 5.97 Å². The van der Waals surface area contributed by atoms with Crippen LogP contribution in [-0.2, 0) is 25.7 Å². The zero-order chi connectivity index (χ0) is 20.2. The molecule has 5 nitrogen and oxygen atoms in total. The highest BCUT2D eigenvalue weighted by Crippen LogP contribution is 2.24. The predicted molar refractivity (Wildman–Crippen MR) is 108 cm³/mol. The number of nitrogens with zero attached hydrogens (tertiary/aromatic N) is 1. The van der Waals surface area contributed by atoms with Crippen LogP contribution in [0.5, 0.6) is 0 Å². The fraction of sp³-hybridized carbons (Fsp3) is 0.304. The van der Waals surface area contributed by atoms with Gasteiger partial charge in [0.15, 0.2) is 0 Å². The lowest BCUT2D eigenvalue weighted by Crippen LogP contribution is -2.38. The first-order valence-corrected chi connectivity index (χ1v) is 9.36. The van der Waals surface area contributed by atoms with Crippen LogP contribution in [-0.4, -0.2) is 37.0 Å². The Morgan fingerprint density at radius 1 is 1.04 bits per heavy atom. The number of benzene rings is 2. The van der Waals surface area contributed by atoms with Crippen molar-refractivity contribution in [1.29, 1.82) is 0 Å². The summed E-state index contributed by atoms with van der Waals surface area (Å²) in [5.74, 6) is -0.694. The summed E-state index contributed by atoms with van der Waals surface area (Å²) < 4.78 is 10.3. The molecule has 2 aromatic carbocycles. The molecule has 2 rings (SSSR count). The minimum absolute atomic E-state index is 0.0993. The van der Waals surface area contributed by atoms with Crippen molar-refractivity contribution in [3.05, 3.63) is 83.9 Å².